The SMILES string of the molecule is CN(C)C=O.COc1cc(NC(=O)COC(=O)c2ccc3c(c2)S(=O)(=O)c2ccccc2C3=O)cc(OC)c1. The van der Waals surface area contributed by atoms with E-state index < -0.39 is 34.1 Å². The molecular weight excluding hydrogens is 528 g/mol. The number of nitrogens with one attached hydrogen (secondary N) is 1. The van der Waals surface area contributed by atoms with Crippen molar-refractivity contribution in [3.63, 3.8) is 0 Å². The number of benzene rings is 3. The van der Waals surface area contributed by atoms with E-state index in [0.717, 1.165) is 12.5 Å². The lowest BCUT2D eigenvalue weighted by Gasteiger charge is -2.19. The second-order valence-electron chi connectivity index (χ2n) is 8.33. The molecule has 204 valence electrons. The van der Waals surface area contributed by atoms with Gasteiger partial charge in [-0.1, -0.05) is 12.1 Å². The van der Waals surface area contributed by atoms with Gasteiger partial charge in [0, 0.05) is 49.1 Å². The van der Waals surface area contributed by atoms with E-state index in [-0.39, 0.29) is 26.5 Å². The summed E-state index contributed by atoms with van der Waals surface area (Å²) in [6.45, 7) is -0.621. The third kappa shape index (κ3) is 6.60. The molecule has 0 bridgehead atoms. The van der Waals surface area contributed by atoms with Crippen LogP contribution in [-0.2, 0) is 24.2 Å². The molecule has 0 fully saturated rings. The monoisotopic (exact) mass is 554 g/mol. The highest BCUT2D eigenvalue weighted by Crippen LogP contribution is 2.35. The molecule has 0 atom stereocenters. The van der Waals surface area contributed by atoms with E-state index >= 15 is 0 Å². The molecule has 1 N–H and O–H groups in total. The largest absolute Gasteiger partial charge is 0.497 e. The smallest absolute Gasteiger partial charge is 0.338 e. The summed E-state index contributed by atoms with van der Waals surface area (Å²) in [7, 11) is 2.30. The van der Waals surface area contributed by atoms with E-state index in [1.165, 1.54) is 49.5 Å². The Morgan fingerprint density at radius 3 is 2.08 bits per heavy atom. The van der Waals surface area contributed by atoms with Gasteiger partial charge in [0.15, 0.2) is 12.4 Å². The van der Waals surface area contributed by atoms with Crippen LogP contribution in [0.4, 0.5) is 5.69 Å². The number of anilines is 1. The maximum absolute atomic E-state index is 13.0. The Morgan fingerprint density at radius 2 is 1.49 bits per heavy atom. The summed E-state index contributed by atoms with van der Waals surface area (Å²) in [4.78, 5) is 47.9. The second-order valence-corrected chi connectivity index (χ2v) is 10.2. The molecule has 0 aliphatic carbocycles. The van der Waals surface area contributed by atoms with Crippen LogP contribution in [0.2, 0.25) is 0 Å². The van der Waals surface area contributed by atoms with Crippen LogP contribution in [0.15, 0.2) is 70.5 Å². The molecule has 0 radical (unpaired) electrons. The Kier molecular flexibility index (Phi) is 9.04. The molecule has 3 aromatic carbocycles. The number of esters is 1. The van der Waals surface area contributed by atoms with Gasteiger partial charge < -0.3 is 24.4 Å². The van der Waals surface area contributed by atoms with Gasteiger partial charge in [0.1, 0.15) is 11.5 Å². The molecule has 12 heteroatoms. The number of hydrogen-bond donors (Lipinski definition) is 1. The topological polar surface area (TPSA) is 145 Å². The number of methoxy groups -OCH3 is 2. The van der Waals surface area contributed by atoms with Gasteiger partial charge in [0.25, 0.3) is 5.91 Å². The average molecular weight is 555 g/mol. The fourth-order valence-electron chi connectivity index (χ4n) is 3.50. The van der Waals surface area contributed by atoms with E-state index in [1.807, 2.05) is 0 Å². The quantitative estimate of drug-likeness (QED) is 0.269. The number of sulfone groups is 1. The molecule has 0 saturated heterocycles. The predicted octanol–water partition coefficient (Wildman–Crippen LogP) is 2.58. The van der Waals surface area contributed by atoms with Gasteiger partial charge in [0.05, 0.1) is 29.6 Å². The van der Waals surface area contributed by atoms with Crippen LogP contribution in [0, 0.1) is 0 Å². The fraction of sp³-hybridized carbons (Fsp3) is 0.185. The maximum atomic E-state index is 13.0. The average Bonchev–Trinajstić information content (AvgIpc) is 2.94. The van der Waals surface area contributed by atoms with Crippen molar-refractivity contribution >= 4 is 39.6 Å². The summed E-state index contributed by atoms with van der Waals surface area (Å²) >= 11 is 0. The van der Waals surface area contributed by atoms with E-state index in [4.69, 9.17) is 14.2 Å². The summed E-state index contributed by atoms with van der Waals surface area (Å²) in [6.07, 6.45) is 0.750. The first-order chi connectivity index (χ1) is 18.5. The number of amides is 2. The molecule has 11 nitrogen and oxygen atoms in total. The van der Waals surface area contributed by atoms with Crippen molar-refractivity contribution < 1.29 is 41.8 Å². The highest BCUT2D eigenvalue weighted by Gasteiger charge is 2.35. The molecule has 2 amide bonds. The van der Waals surface area contributed by atoms with Gasteiger partial charge in [0.2, 0.25) is 16.2 Å². The Morgan fingerprint density at radius 1 is 0.897 bits per heavy atom. The summed E-state index contributed by atoms with van der Waals surface area (Å²) in [5.41, 5.74) is 0.316. The standard InChI is InChI=1S/C24H19NO8S.C3H7NO/c1-31-16-10-15(11-17(12-16)32-2)25-22(26)13-33-24(28)14-7-8-19-21(9-14)34(29,30)20-6-4-3-5-18(20)23(19)27;1-4(2)3-5/h3-12H,13H2,1-2H3,(H,25,26);3H,1-2H3. The highest BCUT2D eigenvalue weighted by atomic mass is 32.2. The van der Waals surface area contributed by atoms with Gasteiger partial charge in [-0.2, -0.15) is 0 Å². The van der Waals surface area contributed by atoms with Crippen molar-refractivity contribution in [3.8, 4) is 11.5 Å². The number of ketones is 1. The number of fused-ring (bicyclic) bond motifs is 2. The van der Waals surface area contributed by atoms with Crippen LogP contribution in [-0.4, -0.2) is 72.3 Å². The second kappa shape index (κ2) is 12.2. The zero-order chi connectivity index (χ0) is 28.7. The Hall–Kier alpha value is -4.71. The van der Waals surface area contributed by atoms with Crippen LogP contribution in [0.3, 0.4) is 0 Å². The zero-order valence-electron chi connectivity index (χ0n) is 21.6. The third-order valence-electron chi connectivity index (χ3n) is 5.35. The third-order valence-corrected chi connectivity index (χ3v) is 7.20. The van der Waals surface area contributed by atoms with Crippen molar-refractivity contribution in [2.24, 2.45) is 0 Å². The Balaban J connectivity index is 0.000000771. The fourth-order valence-corrected chi connectivity index (χ4v) is 5.18. The number of carbonyl (C=O) groups is 4. The molecular formula is C27H26N2O9S. The molecule has 0 saturated carbocycles. The van der Waals surface area contributed by atoms with Gasteiger partial charge >= 0.3 is 5.97 Å². The lowest BCUT2D eigenvalue weighted by atomic mass is 10.0. The first kappa shape index (κ1) is 28.9. The van der Waals surface area contributed by atoms with Crippen molar-refractivity contribution in [1.29, 1.82) is 0 Å². The predicted molar refractivity (Wildman–Crippen MR) is 140 cm³/mol. The first-order valence-corrected chi connectivity index (χ1v) is 12.8. The summed E-state index contributed by atoms with van der Waals surface area (Å²) < 4.78 is 41.3. The van der Waals surface area contributed by atoms with Gasteiger partial charge in [-0.05, 0) is 30.3 Å². The molecule has 0 aromatic heterocycles. The summed E-state index contributed by atoms with van der Waals surface area (Å²) in [5.74, 6) is -1.08. The molecule has 4 rings (SSSR count). The zero-order valence-corrected chi connectivity index (χ0v) is 22.4. The van der Waals surface area contributed by atoms with Crippen molar-refractivity contribution in [2.45, 2.75) is 9.79 Å². The number of nitrogens with zero attached hydrogens (tertiary/aromatic N) is 1. The van der Waals surface area contributed by atoms with Gasteiger partial charge in [-0.25, -0.2) is 13.2 Å². The maximum Gasteiger partial charge on any atom is 0.338 e. The normalized spacial score (nSPS) is 12.5. The molecule has 0 spiro atoms. The van der Waals surface area contributed by atoms with Crippen LogP contribution in [0.5, 0.6) is 11.5 Å². The molecule has 1 aliphatic rings. The van der Waals surface area contributed by atoms with Gasteiger partial charge in [-0.3, -0.25) is 14.4 Å². The minimum Gasteiger partial charge on any atom is -0.497 e. The highest BCUT2D eigenvalue weighted by molar-refractivity contribution is 7.91. The van der Waals surface area contributed by atoms with Crippen LogP contribution >= 0.6 is 0 Å². The molecule has 0 unspecified atom stereocenters. The van der Waals surface area contributed by atoms with E-state index in [2.05, 4.69) is 5.32 Å². The Bertz CT molecular complexity index is 1510. The molecule has 3 aromatic rings. The summed E-state index contributed by atoms with van der Waals surface area (Å²) in [6, 6.07) is 14.3. The van der Waals surface area contributed by atoms with Crippen LogP contribution in [0.25, 0.3) is 0 Å². The minimum atomic E-state index is -4.01. The van der Waals surface area contributed by atoms with E-state index in [0.29, 0.717) is 17.2 Å². The molecule has 1 aliphatic heterocycles. The molecule has 39 heavy (non-hydrogen) atoms. The summed E-state index contributed by atoms with van der Waals surface area (Å²) in [5, 5.41) is 2.56. The van der Waals surface area contributed by atoms with Crippen LogP contribution < -0.4 is 14.8 Å². The number of hydrogen-bond acceptors (Lipinski definition) is 9. The van der Waals surface area contributed by atoms with Crippen molar-refractivity contribution in [1.82, 2.24) is 4.90 Å². The Labute approximate surface area is 225 Å². The first-order valence-electron chi connectivity index (χ1n) is 11.4. The lowest BCUT2D eigenvalue weighted by Crippen LogP contribution is -2.23. The number of rotatable bonds is 7. The van der Waals surface area contributed by atoms with Crippen LogP contribution in [0.1, 0.15) is 26.3 Å². The minimum absolute atomic E-state index is 0.0278. The van der Waals surface area contributed by atoms with Gasteiger partial charge in [-0.15, -0.1) is 0 Å². The van der Waals surface area contributed by atoms with E-state index in [9.17, 15) is 27.6 Å². The van der Waals surface area contributed by atoms with E-state index in [1.54, 1.807) is 38.4 Å². The molecule has 1 heterocycles. The van der Waals surface area contributed by atoms with Crippen molar-refractivity contribution in [2.75, 3.05) is 40.2 Å². The van der Waals surface area contributed by atoms with Crippen molar-refractivity contribution in [3.05, 3.63) is 77.4 Å². The number of ether oxygens (including phenoxy) is 3. The number of carbonyl (C=O) groups excluding carboxylic acids is 4. The lowest BCUT2D eigenvalue weighted by molar-refractivity contribution is -0.119.